The number of benzene rings is 2. The molecule has 5 heteroatoms. The predicted octanol–water partition coefficient (Wildman–Crippen LogP) is 3.17. The summed E-state index contributed by atoms with van der Waals surface area (Å²) in [6.07, 6.45) is 2.99. The zero-order valence-corrected chi connectivity index (χ0v) is 13.1. The van der Waals surface area contributed by atoms with Crippen LogP contribution < -0.4 is 4.90 Å². The fourth-order valence-electron chi connectivity index (χ4n) is 2.56. The molecule has 3 aromatic rings. The molecule has 1 amide bonds. The van der Waals surface area contributed by atoms with Crippen molar-refractivity contribution in [1.29, 1.82) is 0 Å². The van der Waals surface area contributed by atoms with Crippen molar-refractivity contribution in [2.75, 3.05) is 11.9 Å². The molecule has 0 N–H and O–H groups in total. The molecule has 0 spiro atoms. The molecular weight excluding hydrogens is 288 g/mol. The monoisotopic (exact) mass is 306 g/mol. The first-order valence-corrected chi connectivity index (χ1v) is 7.44. The molecule has 0 fully saturated rings. The highest BCUT2D eigenvalue weighted by atomic mass is 16.2. The molecule has 3 rings (SSSR count). The summed E-state index contributed by atoms with van der Waals surface area (Å²) in [5, 5.41) is 4.05. The molecule has 0 bridgehead atoms. The van der Waals surface area contributed by atoms with E-state index in [1.165, 1.54) is 6.33 Å². The third kappa shape index (κ3) is 2.99. The first-order chi connectivity index (χ1) is 11.2. The SMILES string of the molecule is C[C@H](C(=O)N(C)c1ccccc1-c1ccccc1)n1cncn1. The van der Waals surface area contributed by atoms with Crippen LogP contribution in [-0.4, -0.2) is 27.7 Å². The van der Waals surface area contributed by atoms with E-state index in [1.807, 2.05) is 61.5 Å². The highest BCUT2D eigenvalue weighted by Gasteiger charge is 2.22. The molecular formula is C18H18N4O. The topological polar surface area (TPSA) is 51.0 Å². The molecule has 0 aliphatic carbocycles. The standard InChI is InChI=1S/C18H18N4O/c1-14(22-13-19-12-20-22)18(23)21(2)17-11-7-6-10-16(17)15-8-4-3-5-9-15/h3-14H,1-2H3/t14-/m1/s1. The number of rotatable bonds is 4. The number of hydrogen-bond donors (Lipinski definition) is 0. The molecule has 0 unspecified atom stereocenters. The molecule has 2 aromatic carbocycles. The number of carbonyl (C=O) groups is 1. The van der Waals surface area contributed by atoms with E-state index in [0.717, 1.165) is 16.8 Å². The first kappa shape index (κ1) is 15.0. The van der Waals surface area contributed by atoms with Crippen LogP contribution in [0.1, 0.15) is 13.0 Å². The average molecular weight is 306 g/mol. The molecule has 1 atom stereocenters. The summed E-state index contributed by atoms with van der Waals surface area (Å²) in [5.41, 5.74) is 2.97. The van der Waals surface area contributed by atoms with Crippen LogP contribution in [0.4, 0.5) is 5.69 Å². The van der Waals surface area contributed by atoms with E-state index in [-0.39, 0.29) is 5.91 Å². The Morgan fingerprint density at radius 2 is 1.78 bits per heavy atom. The predicted molar refractivity (Wildman–Crippen MR) is 90.0 cm³/mol. The number of para-hydroxylation sites is 1. The number of aromatic nitrogens is 3. The normalized spacial score (nSPS) is 11.9. The average Bonchev–Trinajstić information content (AvgIpc) is 3.15. The minimum Gasteiger partial charge on any atom is -0.313 e. The van der Waals surface area contributed by atoms with Crippen LogP contribution in [0.5, 0.6) is 0 Å². The number of amides is 1. The maximum absolute atomic E-state index is 12.8. The van der Waals surface area contributed by atoms with Gasteiger partial charge in [-0.3, -0.25) is 4.79 Å². The second-order valence-electron chi connectivity index (χ2n) is 5.33. The zero-order chi connectivity index (χ0) is 16.2. The molecule has 1 aromatic heterocycles. The number of nitrogens with zero attached hydrogens (tertiary/aromatic N) is 4. The summed E-state index contributed by atoms with van der Waals surface area (Å²) in [7, 11) is 1.79. The van der Waals surface area contributed by atoms with Gasteiger partial charge in [0.2, 0.25) is 0 Å². The van der Waals surface area contributed by atoms with Gasteiger partial charge >= 0.3 is 0 Å². The lowest BCUT2D eigenvalue weighted by molar-refractivity contribution is -0.121. The Labute approximate surface area is 135 Å². The zero-order valence-electron chi connectivity index (χ0n) is 13.1. The minimum atomic E-state index is -0.411. The molecule has 0 saturated heterocycles. The Kier molecular flexibility index (Phi) is 4.19. The molecule has 23 heavy (non-hydrogen) atoms. The number of hydrogen-bond acceptors (Lipinski definition) is 3. The number of likely N-dealkylation sites (N-methyl/N-ethyl adjacent to an activating group) is 1. The van der Waals surface area contributed by atoms with Crippen molar-refractivity contribution in [3.8, 4) is 11.1 Å². The van der Waals surface area contributed by atoms with E-state index in [1.54, 1.807) is 23.0 Å². The van der Waals surface area contributed by atoms with Crippen molar-refractivity contribution in [2.45, 2.75) is 13.0 Å². The molecule has 1 heterocycles. The van der Waals surface area contributed by atoms with Gasteiger partial charge in [-0.05, 0) is 18.6 Å². The molecule has 116 valence electrons. The van der Waals surface area contributed by atoms with Crippen molar-refractivity contribution in [1.82, 2.24) is 14.8 Å². The van der Waals surface area contributed by atoms with Gasteiger partial charge < -0.3 is 4.90 Å². The van der Waals surface area contributed by atoms with E-state index in [4.69, 9.17) is 0 Å². The fraction of sp³-hybridized carbons (Fsp3) is 0.167. The Hall–Kier alpha value is -2.95. The van der Waals surface area contributed by atoms with Gasteiger partial charge in [0.1, 0.15) is 18.7 Å². The summed E-state index contributed by atoms with van der Waals surface area (Å²) in [5.74, 6) is -0.0427. The van der Waals surface area contributed by atoms with Gasteiger partial charge in [-0.1, -0.05) is 48.5 Å². The summed E-state index contributed by atoms with van der Waals surface area (Å²) in [6, 6.07) is 17.5. The highest BCUT2D eigenvalue weighted by molar-refractivity contribution is 5.99. The molecule has 0 aliphatic heterocycles. The van der Waals surface area contributed by atoms with Gasteiger partial charge in [-0.15, -0.1) is 0 Å². The summed E-state index contributed by atoms with van der Waals surface area (Å²) >= 11 is 0. The minimum absolute atomic E-state index is 0.0427. The van der Waals surface area contributed by atoms with Crippen molar-refractivity contribution in [3.63, 3.8) is 0 Å². The summed E-state index contributed by atoms with van der Waals surface area (Å²) in [6.45, 7) is 1.82. The maximum Gasteiger partial charge on any atom is 0.251 e. The van der Waals surface area contributed by atoms with Crippen LogP contribution in [0, 0.1) is 0 Å². The van der Waals surface area contributed by atoms with Crippen molar-refractivity contribution in [2.24, 2.45) is 0 Å². The van der Waals surface area contributed by atoms with Crippen LogP contribution in [0.3, 0.4) is 0 Å². The van der Waals surface area contributed by atoms with Crippen molar-refractivity contribution < 1.29 is 4.79 Å². The molecule has 0 radical (unpaired) electrons. The largest absolute Gasteiger partial charge is 0.313 e. The third-order valence-electron chi connectivity index (χ3n) is 3.87. The quantitative estimate of drug-likeness (QED) is 0.744. The molecule has 5 nitrogen and oxygen atoms in total. The lowest BCUT2D eigenvalue weighted by Gasteiger charge is -2.24. The summed E-state index contributed by atoms with van der Waals surface area (Å²) < 4.78 is 1.56. The second kappa shape index (κ2) is 6.44. The van der Waals surface area contributed by atoms with Gasteiger partial charge in [0, 0.05) is 12.6 Å². The lowest BCUT2D eigenvalue weighted by atomic mass is 10.0. The van der Waals surface area contributed by atoms with E-state index in [9.17, 15) is 4.79 Å². The van der Waals surface area contributed by atoms with Crippen molar-refractivity contribution in [3.05, 3.63) is 67.3 Å². The Bertz CT molecular complexity index is 784. The molecule has 0 saturated carbocycles. The first-order valence-electron chi connectivity index (χ1n) is 7.44. The fourth-order valence-corrected chi connectivity index (χ4v) is 2.56. The van der Waals surface area contributed by atoms with Gasteiger partial charge in [0.05, 0.1) is 5.69 Å². The van der Waals surface area contributed by atoms with Crippen LogP contribution in [-0.2, 0) is 4.79 Å². The Balaban J connectivity index is 1.94. The van der Waals surface area contributed by atoms with Gasteiger partial charge in [-0.2, -0.15) is 5.10 Å². The lowest BCUT2D eigenvalue weighted by Crippen LogP contribution is -2.33. The van der Waals surface area contributed by atoms with Gasteiger partial charge in [-0.25, -0.2) is 9.67 Å². The summed E-state index contributed by atoms with van der Waals surface area (Å²) in [4.78, 5) is 18.3. The van der Waals surface area contributed by atoms with E-state index in [2.05, 4.69) is 10.1 Å². The van der Waals surface area contributed by atoms with E-state index < -0.39 is 6.04 Å². The Morgan fingerprint density at radius 3 is 2.48 bits per heavy atom. The van der Waals surface area contributed by atoms with Crippen molar-refractivity contribution >= 4 is 11.6 Å². The molecule has 0 aliphatic rings. The smallest absolute Gasteiger partial charge is 0.251 e. The van der Waals surface area contributed by atoms with Gasteiger partial charge in [0.15, 0.2) is 0 Å². The van der Waals surface area contributed by atoms with Crippen LogP contribution >= 0.6 is 0 Å². The van der Waals surface area contributed by atoms with E-state index in [0.29, 0.717) is 0 Å². The maximum atomic E-state index is 12.8. The Morgan fingerprint density at radius 1 is 1.09 bits per heavy atom. The van der Waals surface area contributed by atoms with Crippen LogP contribution in [0.2, 0.25) is 0 Å². The third-order valence-corrected chi connectivity index (χ3v) is 3.87. The van der Waals surface area contributed by atoms with E-state index >= 15 is 0 Å². The highest BCUT2D eigenvalue weighted by Crippen LogP contribution is 2.30. The number of carbonyl (C=O) groups excluding carboxylic acids is 1. The van der Waals surface area contributed by atoms with Crippen LogP contribution in [0.15, 0.2) is 67.3 Å². The number of anilines is 1. The van der Waals surface area contributed by atoms with Gasteiger partial charge in [0.25, 0.3) is 5.91 Å². The van der Waals surface area contributed by atoms with Crippen LogP contribution in [0.25, 0.3) is 11.1 Å². The second-order valence-corrected chi connectivity index (χ2v) is 5.33.